The lowest BCUT2D eigenvalue weighted by Crippen LogP contribution is -2.40. The zero-order valence-corrected chi connectivity index (χ0v) is 13.5. The molecule has 108 valence electrons. The summed E-state index contributed by atoms with van der Waals surface area (Å²) in [6.07, 6.45) is 0. The summed E-state index contributed by atoms with van der Waals surface area (Å²) in [5.41, 5.74) is 1.34. The minimum absolute atomic E-state index is 0.239. The van der Waals surface area contributed by atoms with Crippen molar-refractivity contribution in [3.05, 3.63) is 23.9 Å². The molecule has 0 fully saturated rings. The summed E-state index contributed by atoms with van der Waals surface area (Å²) < 4.78 is 0. The van der Waals surface area contributed by atoms with Gasteiger partial charge in [0.15, 0.2) is 0 Å². The Labute approximate surface area is 118 Å². The van der Waals surface area contributed by atoms with Crippen LogP contribution in [0.5, 0.6) is 0 Å². The third kappa shape index (κ3) is 4.83. The van der Waals surface area contributed by atoms with Crippen molar-refractivity contribution < 1.29 is 0 Å². The van der Waals surface area contributed by atoms with E-state index in [1.807, 2.05) is 0 Å². The van der Waals surface area contributed by atoms with Crippen LogP contribution in [-0.4, -0.2) is 24.1 Å². The van der Waals surface area contributed by atoms with Crippen LogP contribution in [0.3, 0.4) is 0 Å². The minimum Gasteiger partial charge on any atom is -0.356 e. The average Bonchev–Trinajstić information content (AvgIpc) is 2.33. The van der Waals surface area contributed by atoms with Crippen molar-refractivity contribution in [3.63, 3.8) is 0 Å². The van der Waals surface area contributed by atoms with Gasteiger partial charge < -0.3 is 10.2 Å². The summed E-state index contributed by atoms with van der Waals surface area (Å²) >= 11 is 0. The van der Waals surface area contributed by atoms with Gasteiger partial charge in [-0.2, -0.15) is 0 Å². The lowest BCUT2D eigenvalue weighted by atomic mass is 9.87. The SMILES string of the molecule is CC(C)NCc1cccc(N(C)C(C)C(C)(C)C)n1. The molecule has 1 rings (SSSR count). The van der Waals surface area contributed by atoms with Gasteiger partial charge >= 0.3 is 0 Å². The summed E-state index contributed by atoms with van der Waals surface area (Å²) in [6.45, 7) is 14.2. The van der Waals surface area contributed by atoms with E-state index in [0.29, 0.717) is 12.1 Å². The van der Waals surface area contributed by atoms with Gasteiger partial charge in [0.2, 0.25) is 0 Å². The fourth-order valence-electron chi connectivity index (χ4n) is 1.85. The molecule has 0 saturated heterocycles. The van der Waals surface area contributed by atoms with Crippen LogP contribution < -0.4 is 10.2 Å². The highest BCUT2D eigenvalue weighted by Gasteiger charge is 2.24. The molecule has 0 bridgehead atoms. The Morgan fingerprint density at radius 2 is 1.84 bits per heavy atom. The minimum atomic E-state index is 0.239. The largest absolute Gasteiger partial charge is 0.356 e. The van der Waals surface area contributed by atoms with Gasteiger partial charge in [-0.05, 0) is 24.5 Å². The zero-order chi connectivity index (χ0) is 14.6. The van der Waals surface area contributed by atoms with E-state index >= 15 is 0 Å². The maximum atomic E-state index is 4.74. The van der Waals surface area contributed by atoms with Gasteiger partial charge in [-0.15, -0.1) is 0 Å². The highest BCUT2D eigenvalue weighted by atomic mass is 15.2. The predicted octanol–water partition coefficient (Wildman–Crippen LogP) is 3.45. The summed E-state index contributed by atoms with van der Waals surface area (Å²) in [4.78, 5) is 7.01. The Kier molecular flexibility index (Phi) is 5.36. The Bertz CT molecular complexity index is 393. The van der Waals surface area contributed by atoms with Crippen molar-refractivity contribution in [3.8, 4) is 0 Å². The van der Waals surface area contributed by atoms with E-state index in [0.717, 1.165) is 18.1 Å². The molecule has 0 aliphatic rings. The molecule has 0 aliphatic heterocycles. The molecule has 1 atom stereocenters. The highest BCUT2D eigenvalue weighted by molar-refractivity contribution is 5.39. The molecule has 1 aromatic heterocycles. The predicted molar refractivity (Wildman–Crippen MR) is 83.5 cm³/mol. The van der Waals surface area contributed by atoms with Crippen LogP contribution in [0.1, 0.15) is 47.2 Å². The smallest absolute Gasteiger partial charge is 0.128 e. The van der Waals surface area contributed by atoms with Gasteiger partial charge in [-0.1, -0.05) is 40.7 Å². The molecular weight excluding hydrogens is 234 g/mol. The number of nitrogens with one attached hydrogen (secondary N) is 1. The standard InChI is InChI=1S/C16H29N3/c1-12(2)17-11-14-9-8-10-15(18-14)19(7)13(3)16(4,5)6/h8-10,12-13,17H,11H2,1-7H3. The molecule has 0 saturated carbocycles. The van der Waals surface area contributed by atoms with E-state index in [1.165, 1.54) is 0 Å². The second kappa shape index (κ2) is 6.38. The van der Waals surface area contributed by atoms with Crippen molar-refractivity contribution in [2.45, 2.75) is 60.2 Å². The maximum absolute atomic E-state index is 4.74. The normalized spacial score (nSPS) is 13.7. The Balaban J connectivity index is 2.81. The molecular formula is C16H29N3. The van der Waals surface area contributed by atoms with Crippen LogP contribution >= 0.6 is 0 Å². The van der Waals surface area contributed by atoms with Gasteiger partial charge in [0.1, 0.15) is 5.82 Å². The van der Waals surface area contributed by atoms with Gasteiger partial charge in [-0.3, -0.25) is 0 Å². The molecule has 0 aromatic carbocycles. The third-order valence-electron chi connectivity index (χ3n) is 3.68. The van der Waals surface area contributed by atoms with E-state index in [4.69, 9.17) is 4.98 Å². The van der Waals surface area contributed by atoms with Crippen LogP contribution in [0.4, 0.5) is 5.82 Å². The van der Waals surface area contributed by atoms with Crippen molar-refractivity contribution in [2.75, 3.05) is 11.9 Å². The van der Waals surface area contributed by atoms with E-state index in [1.54, 1.807) is 0 Å². The molecule has 1 aromatic rings. The van der Waals surface area contributed by atoms with E-state index in [2.05, 4.69) is 77.0 Å². The Morgan fingerprint density at radius 1 is 1.21 bits per heavy atom. The molecule has 0 spiro atoms. The first-order chi connectivity index (χ1) is 8.71. The first kappa shape index (κ1) is 16.0. The Hall–Kier alpha value is -1.09. The Morgan fingerprint density at radius 3 is 2.37 bits per heavy atom. The fourth-order valence-corrected chi connectivity index (χ4v) is 1.85. The van der Waals surface area contributed by atoms with Gasteiger partial charge in [0.25, 0.3) is 0 Å². The first-order valence-electron chi connectivity index (χ1n) is 7.14. The number of pyridine rings is 1. The summed E-state index contributed by atoms with van der Waals surface area (Å²) in [6, 6.07) is 7.17. The quantitative estimate of drug-likeness (QED) is 0.882. The third-order valence-corrected chi connectivity index (χ3v) is 3.68. The van der Waals surface area contributed by atoms with E-state index < -0.39 is 0 Å². The molecule has 1 unspecified atom stereocenters. The van der Waals surface area contributed by atoms with Crippen molar-refractivity contribution in [1.82, 2.24) is 10.3 Å². The second-order valence-electron chi connectivity index (χ2n) is 6.68. The van der Waals surface area contributed by atoms with E-state index in [-0.39, 0.29) is 5.41 Å². The topological polar surface area (TPSA) is 28.2 Å². The number of rotatable bonds is 5. The molecule has 3 nitrogen and oxygen atoms in total. The molecule has 0 radical (unpaired) electrons. The second-order valence-corrected chi connectivity index (χ2v) is 6.68. The fraction of sp³-hybridized carbons (Fsp3) is 0.688. The average molecular weight is 263 g/mol. The maximum Gasteiger partial charge on any atom is 0.128 e. The lowest BCUT2D eigenvalue weighted by molar-refractivity contribution is 0.328. The van der Waals surface area contributed by atoms with Gasteiger partial charge in [0, 0.05) is 25.7 Å². The van der Waals surface area contributed by atoms with Crippen LogP contribution in [0, 0.1) is 5.41 Å². The summed E-state index contributed by atoms with van der Waals surface area (Å²) in [7, 11) is 2.12. The molecule has 0 amide bonds. The molecule has 1 heterocycles. The van der Waals surface area contributed by atoms with Crippen molar-refractivity contribution in [1.29, 1.82) is 0 Å². The molecule has 1 N–H and O–H groups in total. The van der Waals surface area contributed by atoms with Crippen LogP contribution in [-0.2, 0) is 6.54 Å². The van der Waals surface area contributed by atoms with Crippen molar-refractivity contribution in [2.24, 2.45) is 5.41 Å². The number of anilines is 1. The van der Waals surface area contributed by atoms with Crippen LogP contribution in [0.2, 0.25) is 0 Å². The molecule has 0 aliphatic carbocycles. The van der Waals surface area contributed by atoms with Crippen molar-refractivity contribution >= 4 is 5.82 Å². The lowest BCUT2D eigenvalue weighted by Gasteiger charge is -2.36. The molecule has 19 heavy (non-hydrogen) atoms. The van der Waals surface area contributed by atoms with Gasteiger partial charge in [0.05, 0.1) is 5.69 Å². The van der Waals surface area contributed by atoms with Crippen LogP contribution in [0.25, 0.3) is 0 Å². The van der Waals surface area contributed by atoms with Gasteiger partial charge in [-0.25, -0.2) is 4.98 Å². The summed E-state index contributed by atoms with van der Waals surface area (Å²) in [5, 5.41) is 3.41. The first-order valence-corrected chi connectivity index (χ1v) is 7.14. The molecule has 3 heteroatoms. The monoisotopic (exact) mass is 263 g/mol. The highest BCUT2D eigenvalue weighted by Crippen LogP contribution is 2.26. The zero-order valence-electron chi connectivity index (χ0n) is 13.5. The number of aromatic nitrogens is 1. The van der Waals surface area contributed by atoms with E-state index in [9.17, 15) is 0 Å². The van der Waals surface area contributed by atoms with Crippen LogP contribution in [0.15, 0.2) is 18.2 Å². The number of nitrogens with zero attached hydrogens (tertiary/aromatic N) is 2. The summed E-state index contributed by atoms with van der Waals surface area (Å²) in [5.74, 6) is 1.05. The number of hydrogen-bond donors (Lipinski definition) is 1. The number of hydrogen-bond acceptors (Lipinski definition) is 3.